The first-order valence-electron chi connectivity index (χ1n) is 5.92. The predicted octanol–water partition coefficient (Wildman–Crippen LogP) is 2.37. The lowest BCUT2D eigenvalue weighted by atomic mass is 10.3. The molecule has 0 fully saturated rings. The number of anilines is 1. The van der Waals surface area contributed by atoms with Crippen LogP contribution in [0.2, 0.25) is 0 Å². The Morgan fingerprint density at radius 2 is 2.12 bits per heavy atom. The lowest BCUT2D eigenvalue weighted by Gasteiger charge is -2.26. The molecule has 98 valence electrons. The summed E-state index contributed by atoms with van der Waals surface area (Å²) >= 11 is 1.56. The molecule has 1 N–H and O–H groups in total. The minimum absolute atomic E-state index is 0.289. The minimum atomic E-state index is -0.447. The van der Waals surface area contributed by atoms with Gasteiger partial charge in [0.1, 0.15) is 0 Å². The van der Waals surface area contributed by atoms with Gasteiger partial charge < -0.3 is 14.7 Å². The third kappa shape index (κ3) is 3.40. The van der Waals surface area contributed by atoms with E-state index < -0.39 is 6.10 Å². The van der Waals surface area contributed by atoms with Gasteiger partial charge in [0.15, 0.2) is 5.13 Å². The Bertz CT molecular complexity index is 352. The maximum Gasteiger partial charge on any atom is 0.186 e. The smallest absolute Gasteiger partial charge is 0.186 e. The largest absolute Gasteiger partial charge is 0.388 e. The summed E-state index contributed by atoms with van der Waals surface area (Å²) in [5.41, 5.74) is 0.920. The van der Waals surface area contributed by atoms with Crippen LogP contribution in [0.3, 0.4) is 0 Å². The Hall–Kier alpha value is -0.650. The molecular formula is C12H22N2O2S. The second-order valence-electron chi connectivity index (χ2n) is 4.21. The summed E-state index contributed by atoms with van der Waals surface area (Å²) in [4.78, 5) is 7.68. The molecule has 4 nitrogen and oxygen atoms in total. The zero-order chi connectivity index (χ0) is 13.0. The van der Waals surface area contributed by atoms with E-state index in [1.807, 2.05) is 6.92 Å². The zero-order valence-corrected chi connectivity index (χ0v) is 12.0. The van der Waals surface area contributed by atoms with E-state index in [1.54, 1.807) is 25.4 Å². The van der Waals surface area contributed by atoms with Crippen molar-refractivity contribution in [2.75, 3.05) is 25.2 Å². The first-order valence-corrected chi connectivity index (χ1v) is 6.73. The van der Waals surface area contributed by atoms with E-state index in [1.165, 1.54) is 0 Å². The lowest BCUT2D eigenvalue weighted by molar-refractivity contribution is 0.182. The molecule has 2 unspecified atom stereocenters. The normalized spacial score (nSPS) is 14.7. The van der Waals surface area contributed by atoms with Gasteiger partial charge in [-0.15, -0.1) is 0 Å². The molecule has 1 aromatic rings. The molecule has 0 aliphatic carbocycles. The molecule has 0 bridgehead atoms. The van der Waals surface area contributed by atoms with Gasteiger partial charge in [0.05, 0.1) is 29.3 Å². The number of aryl methyl sites for hydroxylation is 1. The highest BCUT2D eigenvalue weighted by Crippen LogP contribution is 2.31. The maximum absolute atomic E-state index is 9.64. The van der Waals surface area contributed by atoms with Crippen molar-refractivity contribution in [3.05, 3.63) is 10.6 Å². The number of ether oxygens (including phenoxy) is 1. The number of aromatic nitrogens is 1. The lowest BCUT2D eigenvalue weighted by Crippen LogP contribution is -2.36. The summed E-state index contributed by atoms with van der Waals surface area (Å²) in [5.74, 6) is 0. The molecule has 0 saturated heterocycles. The van der Waals surface area contributed by atoms with E-state index >= 15 is 0 Å². The average molecular weight is 258 g/mol. The predicted molar refractivity (Wildman–Crippen MR) is 71.8 cm³/mol. The Labute approximate surface area is 107 Å². The molecule has 0 aromatic carbocycles. The second kappa shape index (κ2) is 6.33. The molecule has 0 saturated carbocycles. The van der Waals surface area contributed by atoms with Crippen LogP contribution in [0.1, 0.15) is 37.4 Å². The van der Waals surface area contributed by atoms with E-state index in [2.05, 4.69) is 23.7 Å². The number of aliphatic hydroxyl groups excluding tert-OH is 1. The summed E-state index contributed by atoms with van der Waals surface area (Å²) < 4.78 is 5.18. The Kier molecular flexibility index (Phi) is 5.36. The average Bonchev–Trinajstić information content (AvgIpc) is 2.62. The number of thiazole rings is 1. The fourth-order valence-corrected chi connectivity index (χ4v) is 3.04. The first-order chi connectivity index (χ1) is 8.01. The third-order valence-corrected chi connectivity index (χ3v) is 4.09. The number of aliphatic hydroxyl groups is 1. The molecule has 0 radical (unpaired) electrons. The number of likely N-dealkylation sites (N-methyl/N-ethyl adjacent to an activating group) is 1. The van der Waals surface area contributed by atoms with Crippen molar-refractivity contribution in [2.45, 2.75) is 39.8 Å². The molecule has 2 atom stereocenters. The van der Waals surface area contributed by atoms with Crippen molar-refractivity contribution in [2.24, 2.45) is 0 Å². The minimum Gasteiger partial charge on any atom is -0.388 e. The highest BCUT2D eigenvalue weighted by molar-refractivity contribution is 7.15. The summed E-state index contributed by atoms with van der Waals surface area (Å²) in [5, 5.41) is 10.6. The Morgan fingerprint density at radius 1 is 1.47 bits per heavy atom. The van der Waals surface area contributed by atoms with Crippen molar-refractivity contribution in [1.82, 2.24) is 4.98 Å². The molecule has 0 aliphatic rings. The van der Waals surface area contributed by atoms with Crippen LogP contribution in [0.15, 0.2) is 0 Å². The van der Waals surface area contributed by atoms with Gasteiger partial charge in [-0.05, 0) is 27.7 Å². The molecule has 17 heavy (non-hydrogen) atoms. The fraction of sp³-hybridized carbons (Fsp3) is 0.750. The maximum atomic E-state index is 9.64. The number of nitrogens with zero attached hydrogens (tertiary/aromatic N) is 2. The van der Waals surface area contributed by atoms with Crippen LogP contribution in [0, 0.1) is 6.92 Å². The van der Waals surface area contributed by atoms with Gasteiger partial charge in [0.25, 0.3) is 0 Å². The van der Waals surface area contributed by atoms with E-state index in [4.69, 9.17) is 4.74 Å². The molecule has 0 amide bonds. The number of rotatable bonds is 6. The standard InChI is InChI=1S/C12H22N2O2S/c1-6-14(8(2)7-16-5)12-13-9(3)11(17-12)10(4)15/h8,10,15H,6-7H2,1-5H3. The van der Waals surface area contributed by atoms with Gasteiger partial charge in [-0.1, -0.05) is 11.3 Å². The molecule has 1 rings (SSSR count). The summed E-state index contributed by atoms with van der Waals surface area (Å²) in [6.45, 7) is 9.50. The number of hydrogen-bond donors (Lipinski definition) is 1. The van der Waals surface area contributed by atoms with Crippen molar-refractivity contribution < 1.29 is 9.84 Å². The van der Waals surface area contributed by atoms with Crippen LogP contribution in [0.5, 0.6) is 0 Å². The number of hydrogen-bond acceptors (Lipinski definition) is 5. The van der Waals surface area contributed by atoms with Gasteiger partial charge in [0.2, 0.25) is 0 Å². The van der Waals surface area contributed by atoms with E-state index in [0.29, 0.717) is 6.61 Å². The van der Waals surface area contributed by atoms with Crippen LogP contribution in [-0.4, -0.2) is 36.4 Å². The molecule has 1 aromatic heterocycles. The van der Waals surface area contributed by atoms with Gasteiger partial charge in [-0.25, -0.2) is 4.98 Å². The highest BCUT2D eigenvalue weighted by Gasteiger charge is 2.19. The van der Waals surface area contributed by atoms with Gasteiger partial charge in [-0.2, -0.15) is 0 Å². The molecule has 0 spiro atoms. The molecule has 5 heteroatoms. The molecule has 1 heterocycles. The first kappa shape index (κ1) is 14.4. The SMILES string of the molecule is CCN(c1nc(C)c(C(C)O)s1)C(C)COC. The van der Waals surface area contributed by atoms with Crippen LogP contribution in [0.25, 0.3) is 0 Å². The van der Waals surface area contributed by atoms with Crippen LogP contribution in [0.4, 0.5) is 5.13 Å². The van der Waals surface area contributed by atoms with Crippen molar-refractivity contribution >= 4 is 16.5 Å². The Balaban J connectivity index is 2.92. The van der Waals surface area contributed by atoms with Crippen LogP contribution < -0.4 is 4.90 Å². The molecule has 0 aliphatic heterocycles. The highest BCUT2D eigenvalue weighted by atomic mass is 32.1. The monoisotopic (exact) mass is 258 g/mol. The third-order valence-electron chi connectivity index (χ3n) is 2.73. The topological polar surface area (TPSA) is 45.6 Å². The van der Waals surface area contributed by atoms with Crippen LogP contribution >= 0.6 is 11.3 Å². The van der Waals surface area contributed by atoms with E-state index in [0.717, 1.165) is 22.2 Å². The van der Waals surface area contributed by atoms with Crippen LogP contribution in [-0.2, 0) is 4.74 Å². The molecular weight excluding hydrogens is 236 g/mol. The van der Waals surface area contributed by atoms with Crippen molar-refractivity contribution in [3.8, 4) is 0 Å². The summed E-state index contributed by atoms with van der Waals surface area (Å²) in [7, 11) is 1.71. The summed E-state index contributed by atoms with van der Waals surface area (Å²) in [6, 6.07) is 0.289. The van der Waals surface area contributed by atoms with Gasteiger partial charge in [0, 0.05) is 13.7 Å². The van der Waals surface area contributed by atoms with Crippen molar-refractivity contribution in [1.29, 1.82) is 0 Å². The fourth-order valence-electron chi connectivity index (χ4n) is 1.87. The van der Waals surface area contributed by atoms with E-state index in [9.17, 15) is 5.11 Å². The van der Waals surface area contributed by atoms with Gasteiger partial charge >= 0.3 is 0 Å². The Morgan fingerprint density at radius 3 is 2.53 bits per heavy atom. The number of methoxy groups -OCH3 is 1. The second-order valence-corrected chi connectivity index (χ2v) is 5.22. The van der Waals surface area contributed by atoms with Gasteiger partial charge in [-0.3, -0.25) is 0 Å². The van der Waals surface area contributed by atoms with Crippen molar-refractivity contribution in [3.63, 3.8) is 0 Å². The van der Waals surface area contributed by atoms with E-state index in [-0.39, 0.29) is 6.04 Å². The summed E-state index contributed by atoms with van der Waals surface area (Å²) in [6.07, 6.45) is -0.447. The zero-order valence-electron chi connectivity index (χ0n) is 11.2. The quantitative estimate of drug-likeness (QED) is 0.851.